The van der Waals surface area contributed by atoms with Crippen LogP contribution < -0.4 is 5.73 Å². The van der Waals surface area contributed by atoms with Crippen molar-refractivity contribution in [3.63, 3.8) is 0 Å². The second-order valence-electron chi connectivity index (χ2n) is 3.76. The summed E-state index contributed by atoms with van der Waals surface area (Å²) < 4.78 is 0. The fourth-order valence-corrected chi connectivity index (χ4v) is 1.91. The quantitative estimate of drug-likeness (QED) is 0.864. The summed E-state index contributed by atoms with van der Waals surface area (Å²) in [5.74, 6) is 0. The predicted octanol–water partition coefficient (Wildman–Crippen LogP) is 3.17. The number of pyridine rings is 1. The lowest BCUT2D eigenvalue weighted by atomic mass is 10.0. The molecule has 0 spiro atoms. The molecule has 0 fully saturated rings. The van der Waals surface area contributed by atoms with E-state index in [2.05, 4.69) is 11.1 Å². The van der Waals surface area contributed by atoms with Crippen molar-refractivity contribution in [2.75, 3.05) is 0 Å². The van der Waals surface area contributed by atoms with Gasteiger partial charge in [0.1, 0.15) is 0 Å². The lowest BCUT2D eigenvalue weighted by Gasteiger charge is -2.08. The number of aryl methyl sites for hydroxylation is 1. The first-order valence-electron chi connectivity index (χ1n) is 5.11. The van der Waals surface area contributed by atoms with Crippen LogP contribution >= 0.6 is 11.6 Å². The largest absolute Gasteiger partial charge is 0.326 e. The molecule has 1 heterocycles. The van der Waals surface area contributed by atoms with Gasteiger partial charge in [0, 0.05) is 29.5 Å². The number of halogens is 1. The molecule has 1 aromatic heterocycles. The Balaban J connectivity index is 2.55. The molecule has 2 aromatic rings. The zero-order chi connectivity index (χ0) is 11.5. The second-order valence-corrected chi connectivity index (χ2v) is 4.19. The first-order valence-corrected chi connectivity index (χ1v) is 5.49. The van der Waals surface area contributed by atoms with E-state index in [-0.39, 0.29) is 0 Å². The Kier molecular flexibility index (Phi) is 3.22. The summed E-state index contributed by atoms with van der Waals surface area (Å²) in [5.41, 5.74) is 10.1. The highest BCUT2D eigenvalue weighted by Crippen LogP contribution is 2.26. The first-order chi connectivity index (χ1) is 7.70. The fraction of sp³-hybridized carbons (Fsp3) is 0.154. The molecule has 0 aliphatic carbocycles. The molecular weight excluding hydrogens is 220 g/mol. The third kappa shape index (κ3) is 2.23. The highest BCUT2D eigenvalue weighted by Gasteiger charge is 2.05. The zero-order valence-electron chi connectivity index (χ0n) is 9.07. The Bertz CT molecular complexity index is 509. The molecule has 0 unspecified atom stereocenters. The van der Waals surface area contributed by atoms with E-state index in [4.69, 9.17) is 17.3 Å². The Morgan fingerprint density at radius 3 is 2.75 bits per heavy atom. The summed E-state index contributed by atoms with van der Waals surface area (Å²) in [6.07, 6.45) is 3.68. The van der Waals surface area contributed by atoms with Crippen LogP contribution in [0.25, 0.3) is 11.1 Å². The van der Waals surface area contributed by atoms with Crippen LogP contribution in [0.5, 0.6) is 0 Å². The van der Waals surface area contributed by atoms with Crippen LogP contribution in [0.4, 0.5) is 0 Å². The number of nitrogens with zero attached hydrogens (tertiary/aromatic N) is 1. The molecule has 82 valence electrons. The van der Waals surface area contributed by atoms with Crippen molar-refractivity contribution in [1.82, 2.24) is 4.98 Å². The maximum atomic E-state index is 5.94. The molecule has 2 N–H and O–H groups in total. The van der Waals surface area contributed by atoms with Crippen LogP contribution in [-0.2, 0) is 6.54 Å². The van der Waals surface area contributed by atoms with Gasteiger partial charge in [-0.2, -0.15) is 0 Å². The topological polar surface area (TPSA) is 38.9 Å². The molecule has 2 rings (SSSR count). The number of hydrogen-bond donors (Lipinski definition) is 1. The molecular formula is C13H13ClN2. The molecule has 0 amide bonds. The van der Waals surface area contributed by atoms with E-state index < -0.39 is 0 Å². The highest BCUT2D eigenvalue weighted by atomic mass is 35.5. The monoisotopic (exact) mass is 232 g/mol. The van der Waals surface area contributed by atoms with Crippen molar-refractivity contribution in [2.24, 2.45) is 5.73 Å². The summed E-state index contributed by atoms with van der Waals surface area (Å²) in [5, 5.41) is 0.713. The maximum Gasteiger partial charge on any atom is 0.0409 e. The average Bonchev–Trinajstić information content (AvgIpc) is 2.28. The van der Waals surface area contributed by atoms with Gasteiger partial charge in [-0.05, 0) is 41.8 Å². The van der Waals surface area contributed by atoms with Crippen molar-refractivity contribution in [3.8, 4) is 11.1 Å². The molecule has 3 heteroatoms. The molecule has 0 atom stereocenters. The molecule has 2 nitrogen and oxygen atoms in total. The van der Waals surface area contributed by atoms with Crippen LogP contribution in [-0.4, -0.2) is 4.98 Å². The SMILES string of the molecule is Cc1cncc(-c2ccc(Cl)cc2CN)c1. The van der Waals surface area contributed by atoms with E-state index >= 15 is 0 Å². The average molecular weight is 233 g/mol. The minimum absolute atomic E-state index is 0.476. The van der Waals surface area contributed by atoms with Gasteiger partial charge in [0.25, 0.3) is 0 Å². The fourth-order valence-electron chi connectivity index (χ4n) is 1.72. The van der Waals surface area contributed by atoms with Crippen molar-refractivity contribution in [1.29, 1.82) is 0 Å². The van der Waals surface area contributed by atoms with Crippen LogP contribution in [0.15, 0.2) is 36.7 Å². The lowest BCUT2D eigenvalue weighted by molar-refractivity contribution is 1.07. The Labute approximate surface area is 100 Å². The van der Waals surface area contributed by atoms with Gasteiger partial charge in [-0.1, -0.05) is 17.7 Å². The van der Waals surface area contributed by atoms with E-state index in [0.717, 1.165) is 22.3 Å². The first kappa shape index (κ1) is 11.1. The molecule has 0 bridgehead atoms. The van der Waals surface area contributed by atoms with Gasteiger partial charge in [0.05, 0.1) is 0 Å². The third-order valence-corrected chi connectivity index (χ3v) is 2.71. The van der Waals surface area contributed by atoms with Gasteiger partial charge in [0.15, 0.2) is 0 Å². The van der Waals surface area contributed by atoms with E-state index in [1.807, 2.05) is 37.5 Å². The van der Waals surface area contributed by atoms with Crippen molar-refractivity contribution in [3.05, 3.63) is 52.8 Å². The molecule has 16 heavy (non-hydrogen) atoms. The summed E-state index contributed by atoms with van der Waals surface area (Å²) in [6, 6.07) is 7.86. The summed E-state index contributed by atoms with van der Waals surface area (Å²) in [7, 11) is 0. The van der Waals surface area contributed by atoms with Crippen LogP contribution in [0.2, 0.25) is 5.02 Å². The third-order valence-electron chi connectivity index (χ3n) is 2.47. The zero-order valence-corrected chi connectivity index (χ0v) is 9.83. The molecule has 0 saturated heterocycles. The molecule has 1 aromatic carbocycles. The van der Waals surface area contributed by atoms with Gasteiger partial charge in [-0.25, -0.2) is 0 Å². The highest BCUT2D eigenvalue weighted by molar-refractivity contribution is 6.30. The van der Waals surface area contributed by atoms with E-state index in [1.54, 1.807) is 0 Å². The van der Waals surface area contributed by atoms with Crippen LogP contribution in [0.3, 0.4) is 0 Å². The summed E-state index contributed by atoms with van der Waals surface area (Å²) in [4.78, 5) is 4.18. The molecule has 0 aliphatic rings. The predicted molar refractivity (Wildman–Crippen MR) is 67.3 cm³/mol. The molecule has 0 radical (unpaired) electrons. The minimum atomic E-state index is 0.476. The van der Waals surface area contributed by atoms with Crippen LogP contribution in [0.1, 0.15) is 11.1 Å². The van der Waals surface area contributed by atoms with Crippen LogP contribution in [0, 0.1) is 6.92 Å². The second kappa shape index (κ2) is 4.64. The smallest absolute Gasteiger partial charge is 0.0409 e. The number of rotatable bonds is 2. The van der Waals surface area contributed by atoms with Gasteiger partial charge in [-0.3, -0.25) is 4.98 Å². The van der Waals surface area contributed by atoms with E-state index in [0.29, 0.717) is 11.6 Å². The normalized spacial score (nSPS) is 10.4. The molecule has 0 aliphatic heterocycles. The minimum Gasteiger partial charge on any atom is -0.326 e. The Morgan fingerprint density at radius 2 is 2.06 bits per heavy atom. The number of nitrogens with two attached hydrogens (primary N) is 1. The van der Waals surface area contributed by atoms with Gasteiger partial charge in [-0.15, -0.1) is 0 Å². The van der Waals surface area contributed by atoms with Gasteiger partial charge < -0.3 is 5.73 Å². The maximum absolute atomic E-state index is 5.94. The summed E-state index contributed by atoms with van der Waals surface area (Å²) in [6.45, 7) is 2.50. The van der Waals surface area contributed by atoms with Crippen molar-refractivity contribution >= 4 is 11.6 Å². The Morgan fingerprint density at radius 1 is 1.25 bits per heavy atom. The van der Waals surface area contributed by atoms with Crippen molar-refractivity contribution in [2.45, 2.75) is 13.5 Å². The molecule has 0 saturated carbocycles. The lowest BCUT2D eigenvalue weighted by Crippen LogP contribution is -1.99. The van der Waals surface area contributed by atoms with Gasteiger partial charge in [0.2, 0.25) is 0 Å². The van der Waals surface area contributed by atoms with Crippen molar-refractivity contribution < 1.29 is 0 Å². The summed E-state index contributed by atoms with van der Waals surface area (Å²) >= 11 is 5.94. The van der Waals surface area contributed by atoms with E-state index in [9.17, 15) is 0 Å². The Hall–Kier alpha value is -1.38. The van der Waals surface area contributed by atoms with E-state index in [1.165, 1.54) is 0 Å². The number of hydrogen-bond acceptors (Lipinski definition) is 2. The van der Waals surface area contributed by atoms with Gasteiger partial charge >= 0.3 is 0 Å². The standard InChI is InChI=1S/C13H13ClN2/c1-9-4-11(8-16-7-9)13-3-2-12(14)5-10(13)6-15/h2-5,7-8H,6,15H2,1H3. The number of benzene rings is 1. The number of aromatic nitrogens is 1.